The summed E-state index contributed by atoms with van der Waals surface area (Å²) in [5.74, 6) is -2.37. The van der Waals surface area contributed by atoms with E-state index in [0.717, 1.165) is 16.7 Å². The minimum Gasteiger partial charge on any atom is -0.481 e. The average molecular weight is 355 g/mol. The SMILES string of the molecule is Cc1ccc(-c2ccc(C(=O)N3CCC(C(=O)O)C(C)C3)c(F)c2)cc1. The fourth-order valence-corrected chi connectivity index (χ4v) is 3.48. The van der Waals surface area contributed by atoms with Gasteiger partial charge >= 0.3 is 5.97 Å². The van der Waals surface area contributed by atoms with Gasteiger partial charge in [0, 0.05) is 13.1 Å². The number of nitrogens with zero attached hydrogens (tertiary/aromatic N) is 1. The fraction of sp³-hybridized carbons (Fsp3) is 0.333. The van der Waals surface area contributed by atoms with Gasteiger partial charge in [-0.15, -0.1) is 0 Å². The molecule has 1 heterocycles. The smallest absolute Gasteiger partial charge is 0.306 e. The lowest BCUT2D eigenvalue weighted by atomic mass is 9.86. The van der Waals surface area contributed by atoms with Gasteiger partial charge in [-0.1, -0.05) is 42.8 Å². The number of piperidine rings is 1. The van der Waals surface area contributed by atoms with Crippen LogP contribution in [-0.2, 0) is 4.79 Å². The summed E-state index contributed by atoms with van der Waals surface area (Å²) in [6, 6.07) is 12.4. The molecule has 1 aliphatic rings. The standard InChI is InChI=1S/C21H22FNO3/c1-13-3-5-15(6-4-13)16-7-8-18(19(22)11-16)20(24)23-10-9-17(21(25)26)14(2)12-23/h3-8,11,14,17H,9-10,12H2,1-2H3,(H,25,26). The summed E-state index contributed by atoms with van der Waals surface area (Å²) in [6.45, 7) is 4.46. The van der Waals surface area contributed by atoms with Crippen molar-refractivity contribution in [2.24, 2.45) is 11.8 Å². The number of aryl methyl sites for hydroxylation is 1. The lowest BCUT2D eigenvalue weighted by Gasteiger charge is -2.35. The molecule has 2 unspecified atom stereocenters. The van der Waals surface area contributed by atoms with Crippen LogP contribution in [0.15, 0.2) is 42.5 Å². The number of rotatable bonds is 3. The van der Waals surface area contributed by atoms with E-state index in [-0.39, 0.29) is 17.4 Å². The third kappa shape index (κ3) is 3.62. The van der Waals surface area contributed by atoms with Gasteiger partial charge in [-0.3, -0.25) is 9.59 Å². The summed E-state index contributed by atoms with van der Waals surface area (Å²) in [4.78, 5) is 25.4. The zero-order valence-corrected chi connectivity index (χ0v) is 14.9. The van der Waals surface area contributed by atoms with Crippen molar-refractivity contribution >= 4 is 11.9 Å². The number of carbonyl (C=O) groups is 2. The molecule has 0 aliphatic carbocycles. The van der Waals surface area contributed by atoms with Crippen LogP contribution in [0.3, 0.4) is 0 Å². The van der Waals surface area contributed by atoms with Crippen molar-refractivity contribution in [1.29, 1.82) is 0 Å². The molecular formula is C21H22FNO3. The molecule has 2 aromatic carbocycles. The number of hydrogen-bond donors (Lipinski definition) is 1. The summed E-state index contributed by atoms with van der Waals surface area (Å²) < 4.78 is 14.6. The molecule has 136 valence electrons. The Bertz CT molecular complexity index is 832. The zero-order chi connectivity index (χ0) is 18.8. The molecule has 1 saturated heterocycles. The Hall–Kier alpha value is -2.69. The van der Waals surface area contributed by atoms with E-state index in [2.05, 4.69) is 0 Å². The van der Waals surface area contributed by atoms with E-state index < -0.39 is 17.7 Å². The first-order valence-electron chi connectivity index (χ1n) is 8.75. The lowest BCUT2D eigenvalue weighted by molar-refractivity contribution is -0.145. The van der Waals surface area contributed by atoms with Crippen LogP contribution in [0.4, 0.5) is 4.39 Å². The molecule has 0 saturated carbocycles. The number of carboxylic acid groups (broad SMARTS) is 1. The predicted octanol–water partition coefficient (Wildman–Crippen LogP) is 3.98. The van der Waals surface area contributed by atoms with E-state index >= 15 is 0 Å². The molecule has 1 amide bonds. The van der Waals surface area contributed by atoms with Gasteiger partial charge in [0.15, 0.2) is 0 Å². The Balaban J connectivity index is 1.78. The topological polar surface area (TPSA) is 57.6 Å². The van der Waals surface area contributed by atoms with Crippen LogP contribution in [0.1, 0.15) is 29.3 Å². The maximum atomic E-state index is 14.6. The summed E-state index contributed by atoms with van der Waals surface area (Å²) in [6.07, 6.45) is 0.394. The maximum Gasteiger partial charge on any atom is 0.306 e. The largest absolute Gasteiger partial charge is 0.481 e. The summed E-state index contributed by atoms with van der Waals surface area (Å²) in [7, 11) is 0. The quantitative estimate of drug-likeness (QED) is 0.906. The van der Waals surface area contributed by atoms with E-state index in [9.17, 15) is 19.1 Å². The second-order valence-corrected chi connectivity index (χ2v) is 7.02. The van der Waals surface area contributed by atoms with E-state index in [1.54, 1.807) is 11.0 Å². The van der Waals surface area contributed by atoms with Gasteiger partial charge in [0.05, 0.1) is 11.5 Å². The number of hydrogen-bond acceptors (Lipinski definition) is 2. The molecule has 1 N–H and O–H groups in total. The van der Waals surface area contributed by atoms with Crippen molar-refractivity contribution in [3.05, 3.63) is 59.4 Å². The number of aliphatic carboxylic acids is 1. The van der Waals surface area contributed by atoms with E-state index in [1.807, 2.05) is 38.1 Å². The molecule has 3 rings (SSSR count). The third-order valence-corrected chi connectivity index (χ3v) is 5.09. The van der Waals surface area contributed by atoms with E-state index in [0.29, 0.717) is 19.5 Å². The molecule has 0 aromatic heterocycles. The molecule has 26 heavy (non-hydrogen) atoms. The van der Waals surface area contributed by atoms with E-state index in [4.69, 9.17) is 0 Å². The highest BCUT2D eigenvalue weighted by Gasteiger charge is 2.33. The van der Waals surface area contributed by atoms with Crippen molar-refractivity contribution in [3.63, 3.8) is 0 Å². The van der Waals surface area contributed by atoms with Gasteiger partial charge in [0.1, 0.15) is 5.82 Å². The number of likely N-dealkylation sites (tertiary alicyclic amines) is 1. The first kappa shape index (κ1) is 18.1. The molecule has 0 bridgehead atoms. The van der Waals surface area contributed by atoms with Gasteiger partial charge in [0.2, 0.25) is 0 Å². The van der Waals surface area contributed by atoms with Crippen molar-refractivity contribution < 1.29 is 19.1 Å². The molecule has 2 atom stereocenters. The van der Waals surface area contributed by atoms with Gasteiger partial charge in [-0.2, -0.15) is 0 Å². The Kier molecular flexibility index (Phi) is 5.07. The maximum absolute atomic E-state index is 14.6. The second-order valence-electron chi connectivity index (χ2n) is 7.02. The fourth-order valence-electron chi connectivity index (χ4n) is 3.48. The molecular weight excluding hydrogens is 333 g/mol. The average Bonchev–Trinajstić information content (AvgIpc) is 2.61. The van der Waals surface area contributed by atoms with Crippen molar-refractivity contribution in [2.45, 2.75) is 20.3 Å². The summed E-state index contributed by atoms with van der Waals surface area (Å²) in [5.41, 5.74) is 2.77. The number of carboxylic acids is 1. The van der Waals surface area contributed by atoms with E-state index in [1.165, 1.54) is 12.1 Å². The molecule has 2 aromatic rings. The van der Waals surface area contributed by atoms with Crippen molar-refractivity contribution in [1.82, 2.24) is 4.90 Å². The second kappa shape index (κ2) is 7.28. The first-order chi connectivity index (χ1) is 12.4. The molecule has 5 heteroatoms. The Morgan fingerprint density at radius 2 is 1.77 bits per heavy atom. The Morgan fingerprint density at radius 1 is 1.12 bits per heavy atom. The minimum absolute atomic E-state index is 0.0295. The normalized spacial score (nSPS) is 20.0. The number of halogens is 1. The van der Waals surface area contributed by atoms with Gasteiger partial charge in [-0.05, 0) is 42.5 Å². The number of benzene rings is 2. The first-order valence-corrected chi connectivity index (χ1v) is 8.75. The minimum atomic E-state index is -0.835. The highest BCUT2D eigenvalue weighted by atomic mass is 19.1. The third-order valence-electron chi connectivity index (χ3n) is 5.09. The van der Waals surface area contributed by atoms with Crippen LogP contribution < -0.4 is 0 Å². The van der Waals surface area contributed by atoms with Crippen LogP contribution in [0.25, 0.3) is 11.1 Å². The molecule has 0 spiro atoms. The monoisotopic (exact) mass is 355 g/mol. The zero-order valence-electron chi connectivity index (χ0n) is 14.9. The van der Waals surface area contributed by atoms with Crippen LogP contribution in [0.5, 0.6) is 0 Å². The highest BCUT2D eigenvalue weighted by molar-refractivity contribution is 5.95. The lowest BCUT2D eigenvalue weighted by Crippen LogP contribution is -2.45. The van der Waals surface area contributed by atoms with Crippen LogP contribution in [0.2, 0.25) is 0 Å². The molecule has 0 radical (unpaired) electrons. The summed E-state index contributed by atoms with van der Waals surface area (Å²) >= 11 is 0. The summed E-state index contributed by atoms with van der Waals surface area (Å²) in [5, 5.41) is 9.19. The van der Waals surface area contributed by atoms with Gasteiger partial charge < -0.3 is 10.0 Å². The number of carbonyl (C=O) groups excluding carboxylic acids is 1. The molecule has 1 aliphatic heterocycles. The van der Waals surface area contributed by atoms with Crippen LogP contribution in [-0.4, -0.2) is 35.0 Å². The van der Waals surface area contributed by atoms with Gasteiger partial charge in [0.25, 0.3) is 5.91 Å². The Labute approximate surface area is 152 Å². The number of amides is 1. The highest BCUT2D eigenvalue weighted by Crippen LogP contribution is 2.27. The van der Waals surface area contributed by atoms with Crippen molar-refractivity contribution in [2.75, 3.05) is 13.1 Å². The van der Waals surface area contributed by atoms with Crippen molar-refractivity contribution in [3.8, 4) is 11.1 Å². The van der Waals surface area contributed by atoms with Crippen LogP contribution >= 0.6 is 0 Å². The van der Waals surface area contributed by atoms with Gasteiger partial charge in [-0.25, -0.2) is 4.39 Å². The molecule has 4 nitrogen and oxygen atoms in total. The van der Waals surface area contributed by atoms with Crippen LogP contribution in [0, 0.1) is 24.6 Å². The molecule has 1 fully saturated rings. The predicted molar refractivity (Wildman–Crippen MR) is 97.4 cm³/mol. The Morgan fingerprint density at radius 3 is 2.35 bits per heavy atom.